The number of halogens is 1. The smallest absolute Gasteiger partial charge is 0.148 e. The Hall–Kier alpha value is -3.67. The van der Waals surface area contributed by atoms with E-state index >= 15 is 0 Å². The summed E-state index contributed by atoms with van der Waals surface area (Å²) in [6, 6.07) is 19.0. The number of pyridine rings is 1. The highest BCUT2D eigenvalue weighted by atomic mass is 19.1. The number of nitrogens with zero attached hydrogens (tertiary/aromatic N) is 3. The van der Waals surface area contributed by atoms with Crippen molar-refractivity contribution < 1.29 is 4.39 Å². The molecule has 5 nitrogen and oxygen atoms in total. The van der Waals surface area contributed by atoms with Crippen molar-refractivity contribution in [2.45, 2.75) is 6.42 Å². The highest BCUT2D eigenvalue weighted by molar-refractivity contribution is 5.85. The Morgan fingerprint density at radius 2 is 1.81 bits per heavy atom. The number of nitrogens with one attached hydrogen (secondary N) is 2. The quantitative estimate of drug-likeness (QED) is 0.432. The molecule has 2 heterocycles. The topological polar surface area (TPSA) is 78.4 Å². The van der Waals surface area contributed by atoms with E-state index in [2.05, 4.69) is 10.1 Å². The first-order chi connectivity index (χ1) is 13.1. The van der Waals surface area contributed by atoms with Crippen LogP contribution in [0.3, 0.4) is 0 Å². The van der Waals surface area contributed by atoms with Crippen molar-refractivity contribution in [3.8, 4) is 11.3 Å². The summed E-state index contributed by atoms with van der Waals surface area (Å²) in [6.45, 7) is 0. The lowest BCUT2D eigenvalue weighted by atomic mass is 10.1. The van der Waals surface area contributed by atoms with E-state index in [0.29, 0.717) is 12.1 Å². The van der Waals surface area contributed by atoms with Crippen molar-refractivity contribution in [3.63, 3.8) is 0 Å². The fourth-order valence-corrected chi connectivity index (χ4v) is 2.91. The average molecular weight is 357 g/mol. The van der Waals surface area contributed by atoms with Gasteiger partial charge < -0.3 is 0 Å². The lowest BCUT2D eigenvalue weighted by molar-refractivity contribution is 0.628. The van der Waals surface area contributed by atoms with Crippen molar-refractivity contribution in [3.05, 3.63) is 89.8 Å². The molecule has 0 aliphatic rings. The van der Waals surface area contributed by atoms with Crippen LogP contribution in [0.5, 0.6) is 0 Å². The Kier molecular flexibility index (Phi) is 4.30. The molecule has 4 rings (SSSR count). The van der Waals surface area contributed by atoms with Crippen LogP contribution in [-0.4, -0.2) is 20.6 Å². The van der Waals surface area contributed by atoms with Gasteiger partial charge in [-0.15, -0.1) is 0 Å². The van der Waals surface area contributed by atoms with E-state index in [0.717, 1.165) is 22.0 Å². The van der Waals surface area contributed by atoms with Crippen molar-refractivity contribution in [1.29, 1.82) is 10.8 Å². The van der Waals surface area contributed by atoms with Crippen molar-refractivity contribution in [1.82, 2.24) is 14.8 Å². The summed E-state index contributed by atoms with van der Waals surface area (Å²) in [4.78, 5) is 4.30. The Bertz CT molecular complexity index is 1200. The van der Waals surface area contributed by atoms with Gasteiger partial charge in [0.2, 0.25) is 0 Å². The third-order valence-electron chi connectivity index (χ3n) is 4.27. The molecule has 0 saturated carbocycles. The maximum absolute atomic E-state index is 13.1. The van der Waals surface area contributed by atoms with Crippen molar-refractivity contribution in [2.24, 2.45) is 0 Å². The molecule has 0 unspecified atom stereocenters. The maximum atomic E-state index is 13.1. The second-order valence-corrected chi connectivity index (χ2v) is 6.18. The van der Waals surface area contributed by atoms with Gasteiger partial charge in [0.05, 0.1) is 11.2 Å². The van der Waals surface area contributed by atoms with Crippen LogP contribution in [-0.2, 0) is 6.42 Å². The first-order valence-electron chi connectivity index (χ1n) is 8.42. The first kappa shape index (κ1) is 16.8. The lowest BCUT2D eigenvalue weighted by Crippen LogP contribution is -2.30. The molecule has 2 N–H and O–H groups in total. The predicted octanol–water partition coefficient (Wildman–Crippen LogP) is 3.78. The van der Waals surface area contributed by atoms with E-state index in [1.807, 2.05) is 30.3 Å². The molecule has 0 saturated heterocycles. The number of fused-ring (bicyclic) bond motifs is 1. The second kappa shape index (κ2) is 6.92. The molecule has 2 aromatic carbocycles. The largest absolute Gasteiger partial charge is 0.286 e. The summed E-state index contributed by atoms with van der Waals surface area (Å²) in [7, 11) is 0. The van der Waals surface area contributed by atoms with E-state index < -0.39 is 0 Å². The van der Waals surface area contributed by atoms with Gasteiger partial charge in [-0.1, -0.05) is 12.1 Å². The zero-order chi connectivity index (χ0) is 18.8. The molecule has 0 bridgehead atoms. The fraction of sp³-hybridized carbons (Fsp3) is 0.0476. The van der Waals surface area contributed by atoms with Crippen LogP contribution < -0.4 is 5.49 Å². The molecule has 0 fully saturated rings. The number of benzene rings is 2. The molecular weight excluding hydrogens is 341 g/mol. The Balaban J connectivity index is 1.65. The van der Waals surface area contributed by atoms with Gasteiger partial charge in [-0.25, -0.2) is 9.07 Å². The van der Waals surface area contributed by atoms with Gasteiger partial charge in [-0.05, 0) is 60.2 Å². The van der Waals surface area contributed by atoms with Gasteiger partial charge in [0.15, 0.2) is 0 Å². The Labute approximate surface area is 154 Å². The van der Waals surface area contributed by atoms with E-state index in [-0.39, 0.29) is 17.1 Å². The molecular formula is C21H16FN5. The van der Waals surface area contributed by atoms with Crippen LogP contribution in [0.1, 0.15) is 5.56 Å². The monoisotopic (exact) mass is 357 g/mol. The van der Waals surface area contributed by atoms with Gasteiger partial charge in [0.25, 0.3) is 0 Å². The maximum Gasteiger partial charge on any atom is 0.148 e. The third kappa shape index (κ3) is 3.50. The van der Waals surface area contributed by atoms with E-state index in [4.69, 9.17) is 10.8 Å². The number of rotatable bonds is 3. The van der Waals surface area contributed by atoms with Crippen LogP contribution in [0, 0.1) is 16.6 Å². The van der Waals surface area contributed by atoms with Crippen molar-refractivity contribution >= 4 is 16.7 Å². The summed E-state index contributed by atoms with van der Waals surface area (Å²) in [5, 5.41) is 21.9. The fourth-order valence-electron chi connectivity index (χ4n) is 2.91. The summed E-state index contributed by atoms with van der Waals surface area (Å²) >= 11 is 0. The minimum absolute atomic E-state index is 0.119. The third-order valence-corrected chi connectivity index (χ3v) is 4.27. The lowest BCUT2D eigenvalue weighted by Gasteiger charge is -2.10. The minimum Gasteiger partial charge on any atom is -0.286 e. The van der Waals surface area contributed by atoms with E-state index in [1.165, 1.54) is 16.8 Å². The number of hydrogen-bond acceptors (Lipinski definition) is 4. The van der Waals surface area contributed by atoms with Crippen LogP contribution in [0.15, 0.2) is 72.9 Å². The summed E-state index contributed by atoms with van der Waals surface area (Å²) < 4.78 is 14.4. The molecule has 132 valence electrons. The van der Waals surface area contributed by atoms with Crippen LogP contribution in [0.25, 0.3) is 22.2 Å². The van der Waals surface area contributed by atoms with Crippen LogP contribution in [0.4, 0.5) is 4.39 Å². The molecule has 4 aromatic rings. The zero-order valence-corrected chi connectivity index (χ0v) is 14.4. The van der Waals surface area contributed by atoms with Crippen LogP contribution in [0.2, 0.25) is 0 Å². The first-order valence-corrected chi connectivity index (χ1v) is 8.42. The summed E-state index contributed by atoms with van der Waals surface area (Å²) in [6.07, 6.45) is 2.08. The van der Waals surface area contributed by atoms with Crippen LogP contribution >= 0.6 is 0 Å². The molecule has 0 aliphatic heterocycles. The van der Waals surface area contributed by atoms with Gasteiger partial charge >= 0.3 is 0 Å². The van der Waals surface area contributed by atoms with Gasteiger partial charge in [-0.2, -0.15) is 5.10 Å². The predicted molar refractivity (Wildman–Crippen MR) is 102 cm³/mol. The molecule has 2 aromatic heterocycles. The number of hydrogen-bond donors (Lipinski definition) is 2. The SMILES string of the molecule is N=C(Cc1ccc2ncccc2c1)n1nc(-c2ccc(F)cc2)ccc1=N. The minimum atomic E-state index is -0.317. The molecule has 0 atom stereocenters. The molecule has 27 heavy (non-hydrogen) atoms. The highest BCUT2D eigenvalue weighted by Gasteiger charge is 2.08. The van der Waals surface area contributed by atoms with E-state index in [9.17, 15) is 4.39 Å². The van der Waals surface area contributed by atoms with Gasteiger partial charge in [-0.3, -0.25) is 15.8 Å². The Morgan fingerprint density at radius 3 is 2.63 bits per heavy atom. The molecule has 6 heteroatoms. The number of aromatic nitrogens is 3. The average Bonchev–Trinajstić information content (AvgIpc) is 2.69. The van der Waals surface area contributed by atoms with Gasteiger partial charge in [0, 0.05) is 23.6 Å². The zero-order valence-electron chi connectivity index (χ0n) is 14.4. The summed E-state index contributed by atoms with van der Waals surface area (Å²) in [5.74, 6) is -0.130. The van der Waals surface area contributed by atoms with E-state index in [1.54, 1.807) is 30.5 Å². The Morgan fingerprint density at radius 1 is 1.00 bits per heavy atom. The van der Waals surface area contributed by atoms with Crippen molar-refractivity contribution in [2.75, 3.05) is 0 Å². The standard InChI is InChI=1S/C21H16FN5/c22-17-6-4-15(5-7-17)19-9-10-20(23)27(26-19)21(24)13-14-3-8-18-16(12-14)2-1-11-25-18/h1-12,23-24H,13H2. The molecule has 0 spiro atoms. The molecule has 0 radical (unpaired) electrons. The summed E-state index contributed by atoms with van der Waals surface area (Å²) in [5.41, 5.74) is 3.28. The molecule has 0 aliphatic carbocycles. The molecule has 0 amide bonds. The normalized spacial score (nSPS) is 10.9. The highest BCUT2D eigenvalue weighted by Crippen LogP contribution is 2.16. The second-order valence-electron chi connectivity index (χ2n) is 6.18. The van der Waals surface area contributed by atoms with Gasteiger partial charge in [0.1, 0.15) is 17.1 Å².